The third-order valence-electron chi connectivity index (χ3n) is 4.07. The highest BCUT2D eigenvalue weighted by atomic mass is 14.9. The average molecular weight is 278 g/mol. The van der Waals surface area contributed by atoms with Crippen LogP contribution in [-0.4, -0.2) is 18.1 Å². The third-order valence-corrected chi connectivity index (χ3v) is 4.07. The molecule has 0 saturated heterocycles. The van der Waals surface area contributed by atoms with Crippen LogP contribution in [0.15, 0.2) is 60.8 Å². The molecule has 1 aromatic heterocycles. The van der Waals surface area contributed by atoms with Gasteiger partial charge in [-0.2, -0.15) is 0 Å². The van der Waals surface area contributed by atoms with Crippen LogP contribution in [0.5, 0.6) is 0 Å². The largest absolute Gasteiger partial charge is 0.361 e. The topological polar surface area (TPSA) is 27.8 Å². The van der Waals surface area contributed by atoms with Crippen LogP contribution in [0.2, 0.25) is 0 Å². The lowest BCUT2D eigenvalue weighted by molar-refractivity contribution is 0.616. The van der Waals surface area contributed by atoms with Crippen LogP contribution in [0.4, 0.5) is 0 Å². The van der Waals surface area contributed by atoms with Gasteiger partial charge in [-0.25, -0.2) is 0 Å². The fourth-order valence-corrected chi connectivity index (χ4v) is 2.78. The fraction of sp³-hybridized carbons (Fsp3) is 0.263. The molecule has 0 fully saturated rings. The molecule has 3 aromatic rings. The zero-order valence-corrected chi connectivity index (χ0v) is 12.5. The quantitative estimate of drug-likeness (QED) is 0.653. The number of hydrogen-bond acceptors (Lipinski definition) is 1. The normalized spacial score (nSPS) is 12.6. The van der Waals surface area contributed by atoms with Crippen LogP contribution in [0.25, 0.3) is 10.9 Å². The summed E-state index contributed by atoms with van der Waals surface area (Å²) in [5.74, 6) is 0.550. The van der Waals surface area contributed by atoms with Crippen LogP contribution in [0.3, 0.4) is 0 Å². The number of benzene rings is 2. The molecule has 3 rings (SSSR count). The molecule has 2 heteroatoms. The molecule has 108 valence electrons. The minimum Gasteiger partial charge on any atom is -0.361 e. The third kappa shape index (κ3) is 3.34. The van der Waals surface area contributed by atoms with E-state index >= 15 is 0 Å². The van der Waals surface area contributed by atoms with Gasteiger partial charge in [-0.3, -0.25) is 0 Å². The Morgan fingerprint density at radius 2 is 1.76 bits per heavy atom. The van der Waals surface area contributed by atoms with Crippen molar-refractivity contribution in [2.75, 3.05) is 13.1 Å². The maximum absolute atomic E-state index is 3.57. The molecule has 0 aliphatic heterocycles. The molecule has 0 spiro atoms. The number of hydrogen-bond donors (Lipinski definition) is 2. The van der Waals surface area contributed by atoms with Gasteiger partial charge in [-0.05, 0) is 36.1 Å². The van der Waals surface area contributed by atoms with Gasteiger partial charge in [-0.1, -0.05) is 55.5 Å². The summed E-state index contributed by atoms with van der Waals surface area (Å²) >= 11 is 0. The van der Waals surface area contributed by atoms with E-state index in [2.05, 4.69) is 78.0 Å². The smallest absolute Gasteiger partial charge is 0.0456 e. The van der Waals surface area contributed by atoms with E-state index in [1.807, 2.05) is 0 Å². The van der Waals surface area contributed by atoms with E-state index < -0.39 is 0 Å². The summed E-state index contributed by atoms with van der Waals surface area (Å²) in [4.78, 5) is 3.34. The number of H-pyrrole nitrogens is 1. The van der Waals surface area contributed by atoms with E-state index in [-0.39, 0.29) is 0 Å². The summed E-state index contributed by atoms with van der Waals surface area (Å²) in [6.45, 7) is 4.30. The molecule has 1 heterocycles. The Labute approximate surface area is 126 Å². The highest BCUT2D eigenvalue weighted by Crippen LogP contribution is 2.18. The molecular formula is C19H22N2. The lowest BCUT2D eigenvalue weighted by Crippen LogP contribution is -2.22. The van der Waals surface area contributed by atoms with E-state index in [1.165, 1.54) is 22.0 Å². The van der Waals surface area contributed by atoms with Gasteiger partial charge in [0.05, 0.1) is 0 Å². The van der Waals surface area contributed by atoms with Crippen molar-refractivity contribution in [3.8, 4) is 0 Å². The summed E-state index contributed by atoms with van der Waals surface area (Å²) in [5.41, 5.74) is 4.02. The predicted octanol–water partition coefficient (Wildman–Crippen LogP) is 4.10. The van der Waals surface area contributed by atoms with Gasteiger partial charge in [-0.15, -0.1) is 0 Å². The van der Waals surface area contributed by atoms with Crippen molar-refractivity contribution in [1.82, 2.24) is 10.3 Å². The highest BCUT2D eigenvalue weighted by molar-refractivity contribution is 5.83. The maximum atomic E-state index is 3.57. The molecule has 2 nitrogen and oxygen atoms in total. The second kappa shape index (κ2) is 6.59. The van der Waals surface area contributed by atoms with Gasteiger partial charge in [0.2, 0.25) is 0 Å². The minimum absolute atomic E-state index is 0.550. The molecule has 0 aliphatic rings. The zero-order chi connectivity index (χ0) is 14.5. The monoisotopic (exact) mass is 278 g/mol. The maximum Gasteiger partial charge on any atom is 0.0456 e. The summed E-state index contributed by atoms with van der Waals surface area (Å²) < 4.78 is 0. The Morgan fingerprint density at radius 3 is 2.62 bits per heavy atom. The van der Waals surface area contributed by atoms with Crippen molar-refractivity contribution in [1.29, 1.82) is 0 Å². The number of nitrogens with one attached hydrogen (secondary N) is 2. The van der Waals surface area contributed by atoms with E-state index in [0.29, 0.717) is 5.92 Å². The SMILES string of the molecule is C[C@H](CNCCc1c[nH]c2ccccc12)c1ccccc1. The number of aromatic amines is 1. The summed E-state index contributed by atoms with van der Waals surface area (Å²) in [6, 6.07) is 19.2. The predicted molar refractivity (Wildman–Crippen MR) is 89.7 cm³/mol. The Morgan fingerprint density at radius 1 is 1.00 bits per heavy atom. The highest BCUT2D eigenvalue weighted by Gasteiger charge is 2.05. The van der Waals surface area contributed by atoms with Gasteiger partial charge in [0, 0.05) is 23.6 Å². The van der Waals surface area contributed by atoms with Gasteiger partial charge >= 0.3 is 0 Å². The van der Waals surface area contributed by atoms with E-state index in [0.717, 1.165) is 19.5 Å². The molecule has 0 aliphatic carbocycles. The van der Waals surface area contributed by atoms with Crippen molar-refractivity contribution in [2.45, 2.75) is 19.3 Å². The summed E-state index contributed by atoms with van der Waals surface area (Å²) in [5, 5.41) is 4.92. The molecule has 2 N–H and O–H groups in total. The molecule has 0 unspecified atom stereocenters. The first-order valence-electron chi connectivity index (χ1n) is 7.65. The van der Waals surface area contributed by atoms with Crippen molar-refractivity contribution in [3.63, 3.8) is 0 Å². The average Bonchev–Trinajstić information content (AvgIpc) is 2.95. The number of rotatable bonds is 6. The van der Waals surface area contributed by atoms with Crippen molar-refractivity contribution in [3.05, 3.63) is 71.9 Å². The number of aromatic nitrogens is 1. The molecule has 0 radical (unpaired) electrons. The van der Waals surface area contributed by atoms with Gasteiger partial charge in [0.25, 0.3) is 0 Å². The molecule has 0 amide bonds. The van der Waals surface area contributed by atoms with Crippen LogP contribution < -0.4 is 5.32 Å². The van der Waals surface area contributed by atoms with E-state index in [1.54, 1.807) is 0 Å². The fourth-order valence-electron chi connectivity index (χ4n) is 2.78. The first kappa shape index (κ1) is 13.9. The molecular weight excluding hydrogens is 256 g/mol. The molecule has 1 atom stereocenters. The van der Waals surface area contributed by atoms with Crippen LogP contribution in [-0.2, 0) is 6.42 Å². The first-order chi connectivity index (χ1) is 10.3. The lowest BCUT2D eigenvalue weighted by Gasteiger charge is -2.12. The second-order valence-corrected chi connectivity index (χ2v) is 5.63. The van der Waals surface area contributed by atoms with E-state index in [9.17, 15) is 0 Å². The van der Waals surface area contributed by atoms with E-state index in [4.69, 9.17) is 0 Å². The Kier molecular flexibility index (Phi) is 4.37. The van der Waals surface area contributed by atoms with Crippen molar-refractivity contribution in [2.24, 2.45) is 0 Å². The van der Waals surface area contributed by atoms with Crippen LogP contribution >= 0.6 is 0 Å². The van der Waals surface area contributed by atoms with Crippen LogP contribution in [0.1, 0.15) is 24.0 Å². The number of para-hydroxylation sites is 1. The molecule has 2 aromatic carbocycles. The summed E-state index contributed by atoms with van der Waals surface area (Å²) in [7, 11) is 0. The Bertz CT molecular complexity index is 685. The Balaban J connectivity index is 1.50. The van der Waals surface area contributed by atoms with Gasteiger partial charge in [0.1, 0.15) is 0 Å². The number of fused-ring (bicyclic) bond motifs is 1. The molecule has 0 bridgehead atoms. The van der Waals surface area contributed by atoms with Gasteiger partial charge in [0.15, 0.2) is 0 Å². The zero-order valence-electron chi connectivity index (χ0n) is 12.5. The summed E-state index contributed by atoms with van der Waals surface area (Å²) in [6.07, 6.45) is 3.19. The van der Waals surface area contributed by atoms with Crippen LogP contribution in [0, 0.1) is 0 Å². The lowest BCUT2D eigenvalue weighted by atomic mass is 10.0. The standard InChI is InChI=1S/C19H22N2/c1-15(16-7-3-2-4-8-16)13-20-12-11-17-14-21-19-10-6-5-9-18(17)19/h2-10,14-15,20-21H,11-13H2,1H3/t15-/m1/s1. The van der Waals surface area contributed by atoms with Gasteiger partial charge < -0.3 is 10.3 Å². The second-order valence-electron chi connectivity index (χ2n) is 5.63. The van der Waals surface area contributed by atoms with Crippen molar-refractivity contribution >= 4 is 10.9 Å². The van der Waals surface area contributed by atoms with Crippen molar-refractivity contribution < 1.29 is 0 Å². The molecule has 0 saturated carbocycles. The Hall–Kier alpha value is -2.06. The minimum atomic E-state index is 0.550. The molecule has 21 heavy (non-hydrogen) atoms. The first-order valence-corrected chi connectivity index (χ1v) is 7.65.